The van der Waals surface area contributed by atoms with Gasteiger partial charge in [0.25, 0.3) is 0 Å². The van der Waals surface area contributed by atoms with E-state index >= 15 is 0 Å². The molecule has 0 saturated heterocycles. The number of hydrogen-bond acceptors (Lipinski definition) is 3. The minimum Gasteiger partial charge on any atom is -0.272 e. The van der Waals surface area contributed by atoms with Crippen LogP contribution in [0, 0.1) is 0 Å². The minimum absolute atomic E-state index is 0.0206. The number of fused-ring (bicyclic) bond motifs is 1. The van der Waals surface area contributed by atoms with E-state index in [0.717, 1.165) is 31.5 Å². The van der Waals surface area contributed by atoms with Crippen LogP contribution in [0.25, 0.3) is 11.1 Å². The number of nitrogens with zero attached hydrogens (tertiary/aromatic N) is 2. The highest BCUT2D eigenvalue weighted by Crippen LogP contribution is 2.34. The predicted molar refractivity (Wildman–Crippen MR) is 116 cm³/mol. The van der Waals surface area contributed by atoms with E-state index in [0.29, 0.717) is 0 Å². The van der Waals surface area contributed by atoms with Crippen LogP contribution in [0.5, 0.6) is 0 Å². The molecule has 4 rings (SSSR count). The molecule has 0 bridgehead atoms. The molecular weight excluding hydrogens is 382 g/mol. The van der Waals surface area contributed by atoms with Gasteiger partial charge in [-0.2, -0.15) is 5.10 Å². The molecule has 0 saturated carbocycles. The average molecular weight is 410 g/mol. The minimum atomic E-state index is -3.29. The first-order chi connectivity index (χ1) is 13.9. The molecule has 6 heteroatoms. The number of rotatable bonds is 6. The third kappa shape index (κ3) is 4.60. The zero-order chi connectivity index (χ0) is 20.4. The fraction of sp³-hybridized carbons (Fsp3) is 0.348. The summed E-state index contributed by atoms with van der Waals surface area (Å²) in [7, 11) is -3.29. The number of aryl methyl sites for hydroxylation is 2. The van der Waals surface area contributed by atoms with Crippen LogP contribution in [0.4, 0.5) is 0 Å². The summed E-state index contributed by atoms with van der Waals surface area (Å²) >= 11 is 0. The Balaban J connectivity index is 1.68. The smallest absolute Gasteiger partial charge is 0.208 e. The summed E-state index contributed by atoms with van der Waals surface area (Å²) < 4.78 is 28.8. The van der Waals surface area contributed by atoms with Crippen molar-refractivity contribution in [2.45, 2.75) is 44.7 Å². The van der Waals surface area contributed by atoms with Gasteiger partial charge in [-0.25, -0.2) is 13.1 Å². The molecule has 1 N–H and O–H groups in total. The molecule has 152 valence electrons. The van der Waals surface area contributed by atoms with Crippen LogP contribution >= 0.6 is 0 Å². The Morgan fingerprint density at radius 1 is 1.10 bits per heavy atom. The van der Waals surface area contributed by atoms with E-state index in [-0.39, 0.29) is 12.0 Å². The second-order valence-corrected chi connectivity index (χ2v) is 9.59. The summed E-state index contributed by atoms with van der Waals surface area (Å²) in [4.78, 5) is 0. The van der Waals surface area contributed by atoms with E-state index in [1.165, 1.54) is 28.5 Å². The van der Waals surface area contributed by atoms with Gasteiger partial charge in [0.05, 0.1) is 11.9 Å². The van der Waals surface area contributed by atoms with Crippen molar-refractivity contribution in [2.24, 2.45) is 0 Å². The molecule has 1 aromatic heterocycles. The van der Waals surface area contributed by atoms with Crippen LogP contribution in [0.1, 0.15) is 36.1 Å². The lowest BCUT2D eigenvalue weighted by Gasteiger charge is -2.31. The van der Waals surface area contributed by atoms with Crippen LogP contribution in [-0.4, -0.2) is 30.5 Å². The van der Waals surface area contributed by atoms with Gasteiger partial charge in [0.15, 0.2) is 0 Å². The van der Waals surface area contributed by atoms with Crippen molar-refractivity contribution in [1.29, 1.82) is 0 Å². The molecule has 1 aliphatic rings. The maximum absolute atomic E-state index is 12.0. The Morgan fingerprint density at radius 2 is 1.86 bits per heavy atom. The van der Waals surface area contributed by atoms with Crippen LogP contribution < -0.4 is 4.72 Å². The zero-order valence-electron chi connectivity index (χ0n) is 16.9. The molecule has 29 heavy (non-hydrogen) atoms. The van der Waals surface area contributed by atoms with E-state index < -0.39 is 10.0 Å². The topological polar surface area (TPSA) is 64.0 Å². The van der Waals surface area contributed by atoms with Crippen LogP contribution in [-0.2, 0) is 29.4 Å². The third-order valence-corrected chi connectivity index (χ3v) is 6.34. The highest BCUT2D eigenvalue weighted by atomic mass is 32.2. The van der Waals surface area contributed by atoms with Crippen molar-refractivity contribution < 1.29 is 8.42 Å². The molecule has 0 amide bonds. The summed E-state index contributed by atoms with van der Waals surface area (Å²) in [5, 5.41) is 4.79. The average Bonchev–Trinajstić information content (AvgIpc) is 3.13. The number of benzene rings is 2. The largest absolute Gasteiger partial charge is 0.272 e. The highest BCUT2D eigenvalue weighted by molar-refractivity contribution is 7.88. The summed E-state index contributed by atoms with van der Waals surface area (Å²) in [5.41, 5.74) is 5.81. The van der Waals surface area contributed by atoms with Gasteiger partial charge in [-0.05, 0) is 48.4 Å². The van der Waals surface area contributed by atoms with E-state index in [2.05, 4.69) is 54.2 Å². The summed E-state index contributed by atoms with van der Waals surface area (Å²) in [5.74, 6) is 0.0206. The van der Waals surface area contributed by atoms with Crippen molar-refractivity contribution in [3.05, 3.63) is 77.6 Å². The molecular formula is C23H27N3O2S. The van der Waals surface area contributed by atoms with E-state index in [9.17, 15) is 8.42 Å². The molecule has 0 radical (unpaired) electrons. The molecule has 2 atom stereocenters. The molecule has 2 aromatic carbocycles. The van der Waals surface area contributed by atoms with E-state index in [4.69, 9.17) is 5.10 Å². The molecule has 0 fully saturated rings. The maximum atomic E-state index is 12.0. The molecule has 0 spiro atoms. The van der Waals surface area contributed by atoms with Crippen molar-refractivity contribution in [2.75, 3.05) is 6.26 Å². The molecule has 0 aliphatic heterocycles. The summed E-state index contributed by atoms with van der Waals surface area (Å²) in [6, 6.07) is 18.7. The Bertz CT molecular complexity index is 1090. The zero-order valence-corrected chi connectivity index (χ0v) is 17.7. The Hall–Kier alpha value is -2.44. The lowest BCUT2D eigenvalue weighted by atomic mass is 9.80. The highest BCUT2D eigenvalue weighted by Gasteiger charge is 2.34. The van der Waals surface area contributed by atoms with Gasteiger partial charge < -0.3 is 0 Å². The third-order valence-electron chi connectivity index (χ3n) is 5.61. The maximum Gasteiger partial charge on any atom is 0.208 e. The van der Waals surface area contributed by atoms with Crippen molar-refractivity contribution in [1.82, 2.24) is 14.5 Å². The number of hydrogen-bond donors (Lipinski definition) is 1. The number of nitrogens with one attached hydrogen (secondary N) is 1. The van der Waals surface area contributed by atoms with E-state index in [1.54, 1.807) is 0 Å². The van der Waals surface area contributed by atoms with Gasteiger partial charge in [0.2, 0.25) is 10.0 Å². The summed E-state index contributed by atoms with van der Waals surface area (Å²) in [6.07, 6.45) is 5.74. The van der Waals surface area contributed by atoms with Gasteiger partial charge in [0, 0.05) is 24.7 Å². The lowest BCUT2D eigenvalue weighted by molar-refractivity contribution is 0.421. The van der Waals surface area contributed by atoms with Gasteiger partial charge >= 0.3 is 0 Å². The number of aromatic nitrogens is 2. The van der Waals surface area contributed by atoms with Crippen molar-refractivity contribution >= 4 is 10.0 Å². The molecule has 5 nitrogen and oxygen atoms in total. The van der Waals surface area contributed by atoms with Crippen molar-refractivity contribution in [3.63, 3.8) is 0 Å². The monoisotopic (exact) mass is 409 g/mol. The lowest BCUT2D eigenvalue weighted by Crippen LogP contribution is -2.42. The normalized spacial score (nSPS) is 19.1. The Kier molecular flexibility index (Phi) is 5.56. The van der Waals surface area contributed by atoms with Gasteiger partial charge in [-0.1, -0.05) is 54.6 Å². The second-order valence-electron chi connectivity index (χ2n) is 7.81. The first-order valence-corrected chi connectivity index (χ1v) is 12.0. The van der Waals surface area contributed by atoms with Gasteiger partial charge in [-0.15, -0.1) is 0 Å². The number of sulfonamides is 1. The molecule has 1 heterocycles. The first kappa shape index (κ1) is 19.9. The van der Waals surface area contributed by atoms with Crippen molar-refractivity contribution in [3.8, 4) is 11.1 Å². The molecule has 3 aromatic rings. The predicted octanol–water partition coefficient (Wildman–Crippen LogP) is 3.76. The van der Waals surface area contributed by atoms with Gasteiger partial charge in [0.1, 0.15) is 0 Å². The second kappa shape index (κ2) is 8.13. The first-order valence-electron chi connectivity index (χ1n) is 10.1. The standard InChI is InChI=1S/C23H27N3O2S/c1-3-26-16-20-12-13-22(25-29(2,27)28)21(23(20)24-26)15-17-8-7-11-19(14-17)18-9-5-4-6-10-18/h4-11,14,16,21-22,25H,3,12-13,15H2,1-2H3. The summed E-state index contributed by atoms with van der Waals surface area (Å²) in [6.45, 7) is 2.89. The van der Waals surface area contributed by atoms with Crippen LogP contribution in [0.2, 0.25) is 0 Å². The fourth-order valence-electron chi connectivity index (χ4n) is 4.26. The molecule has 2 unspecified atom stereocenters. The quantitative estimate of drug-likeness (QED) is 0.674. The van der Waals surface area contributed by atoms with Gasteiger partial charge in [-0.3, -0.25) is 4.68 Å². The Morgan fingerprint density at radius 3 is 2.59 bits per heavy atom. The van der Waals surface area contributed by atoms with Crippen LogP contribution in [0.15, 0.2) is 60.8 Å². The fourth-order valence-corrected chi connectivity index (χ4v) is 5.10. The SMILES string of the molecule is CCn1cc2c(n1)C(Cc1cccc(-c3ccccc3)c1)C(NS(C)(=O)=O)CC2. The Labute approximate surface area is 172 Å². The van der Waals surface area contributed by atoms with E-state index in [1.807, 2.05) is 22.9 Å². The van der Waals surface area contributed by atoms with Crippen LogP contribution in [0.3, 0.4) is 0 Å². The molecule has 1 aliphatic carbocycles.